The SMILES string of the molecule is Brc1cc2c(cc1CNC1Cc3ccccc3C1)OCO2. The minimum absolute atomic E-state index is 0.316. The Morgan fingerprint density at radius 2 is 1.71 bits per heavy atom. The minimum atomic E-state index is 0.316. The Hall–Kier alpha value is -1.52. The molecular weight excluding hydrogens is 330 g/mol. The van der Waals surface area contributed by atoms with Crippen LogP contribution in [0.5, 0.6) is 11.5 Å². The fourth-order valence-electron chi connectivity index (χ4n) is 3.05. The van der Waals surface area contributed by atoms with Gasteiger partial charge in [-0.1, -0.05) is 40.2 Å². The monoisotopic (exact) mass is 345 g/mol. The van der Waals surface area contributed by atoms with E-state index in [1.807, 2.05) is 6.07 Å². The fraction of sp³-hybridized carbons (Fsp3) is 0.294. The minimum Gasteiger partial charge on any atom is -0.454 e. The highest BCUT2D eigenvalue weighted by molar-refractivity contribution is 9.10. The molecular formula is C17H16BrNO2. The molecule has 0 atom stereocenters. The summed E-state index contributed by atoms with van der Waals surface area (Å²) < 4.78 is 11.9. The van der Waals surface area contributed by atoms with Gasteiger partial charge in [0, 0.05) is 17.1 Å². The van der Waals surface area contributed by atoms with Gasteiger partial charge >= 0.3 is 0 Å². The molecule has 0 unspecified atom stereocenters. The molecule has 0 amide bonds. The highest BCUT2D eigenvalue weighted by Crippen LogP contribution is 2.37. The van der Waals surface area contributed by atoms with Crippen molar-refractivity contribution in [2.45, 2.75) is 25.4 Å². The van der Waals surface area contributed by atoms with E-state index in [2.05, 4.69) is 51.6 Å². The maximum atomic E-state index is 5.45. The van der Waals surface area contributed by atoms with Crippen LogP contribution in [0.3, 0.4) is 0 Å². The molecule has 2 aromatic carbocycles. The van der Waals surface area contributed by atoms with Crippen molar-refractivity contribution in [3.05, 3.63) is 57.6 Å². The highest BCUT2D eigenvalue weighted by Gasteiger charge is 2.21. The number of benzene rings is 2. The van der Waals surface area contributed by atoms with Crippen molar-refractivity contribution < 1.29 is 9.47 Å². The van der Waals surface area contributed by atoms with E-state index in [1.165, 1.54) is 16.7 Å². The van der Waals surface area contributed by atoms with Gasteiger partial charge in [-0.05, 0) is 41.7 Å². The first-order valence-electron chi connectivity index (χ1n) is 7.18. The summed E-state index contributed by atoms with van der Waals surface area (Å²) >= 11 is 3.61. The molecule has 4 rings (SSSR count). The van der Waals surface area contributed by atoms with Gasteiger partial charge in [-0.25, -0.2) is 0 Å². The molecule has 1 heterocycles. The smallest absolute Gasteiger partial charge is 0.231 e. The number of hydrogen-bond donors (Lipinski definition) is 1. The van der Waals surface area contributed by atoms with Gasteiger partial charge in [-0.2, -0.15) is 0 Å². The van der Waals surface area contributed by atoms with Crippen molar-refractivity contribution >= 4 is 15.9 Å². The van der Waals surface area contributed by atoms with Crippen LogP contribution in [0.25, 0.3) is 0 Å². The van der Waals surface area contributed by atoms with Gasteiger partial charge < -0.3 is 14.8 Å². The molecule has 108 valence electrons. The van der Waals surface area contributed by atoms with Crippen LogP contribution in [0.4, 0.5) is 0 Å². The summed E-state index contributed by atoms with van der Waals surface area (Å²) in [5, 5.41) is 3.65. The third-order valence-corrected chi connectivity index (χ3v) is 4.91. The first-order chi connectivity index (χ1) is 10.3. The van der Waals surface area contributed by atoms with Crippen molar-refractivity contribution in [3.63, 3.8) is 0 Å². The molecule has 0 fully saturated rings. The largest absolute Gasteiger partial charge is 0.454 e. The molecule has 3 nitrogen and oxygen atoms in total. The Bertz CT molecular complexity index is 661. The Kier molecular flexibility index (Phi) is 3.36. The molecule has 0 saturated carbocycles. The fourth-order valence-corrected chi connectivity index (χ4v) is 3.51. The van der Waals surface area contributed by atoms with Crippen LogP contribution < -0.4 is 14.8 Å². The molecule has 2 aliphatic rings. The number of halogens is 1. The molecule has 1 aliphatic heterocycles. The molecule has 1 N–H and O–H groups in total. The summed E-state index contributed by atoms with van der Waals surface area (Å²) in [4.78, 5) is 0. The summed E-state index contributed by atoms with van der Waals surface area (Å²) in [7, 11) is 0. The summed E-state index contributed by atoms with van der Waals surface area (Å²) in [6.07, 6.45) is 2.22. The summed E-state index contributed by atoms with van der Waals surface area (Å²) in [6.45, 7) is 1.15. The second-order valence-electron chi connectivity index (χ2n) is 5.55. The van der Waals surface area contributed by atoms with Crippen molar-refractivity contribution in [1.29, 1.82) is 0 Å². The van der Waals surface area contributed by atoms with Crippen LogP contribution in [-0.2, 0) is 19.4 Å². The second kappa shape index (κ2) is 5.35. The second-order valence-corrected chi connectivity index (χ2v) is 6.41. The lowest BCUT2D eigenvalue weighted by molar-refractivity contribution is 0.174. The molecule has 0 saturated heterocycles. The van der Waals surface area contributed by atoms with Crippen LogP contribution in [0, 0.1) is 0 Å². The van der Waals surface area contributed by atoms with Gasteiger partial charge in [-0.15, -0.1) is 0 Å². The average Bonchev–Trinajstić information content (AvgIpc) is 3.09. The molecule has 2 aromatic rings. The standard InChI is InChI=1S/C17H16BrNO2/c18-15-8-17-16(20-10-21-17)7-13(15)9-19-14-5-11-3-1-2-4-12(11)6-14/h1-4,7-8,14,19H,5-6,9-10H2. The van der Waals surface area contributed by atoms with E-state index in [-0.39, 0.29) is 0 Å². The Balaban J connectivity index is 1.44. The number of fused-ring (bicyclic) bond motifs is 2. The third-order valence-electron chi connectivity index (χ3n) is 4.17. The molecule has 0 aromatic heterocycles. The van der Waals surface area contributed by atoms with Crippen LogP contribution in [0.2, 0.25) is 0 Å². The maximum Gasteiger partial charge on any atom is 0.231 e. The van der Waals surface area contributed by atoms with Crippen molar-refractivity contribution in [2.75, 3.05) is 6.79 Å². The number of hydrogen-bond acceptors (Lipinski definition) is 3. The van der Waals surface area contributed by atoms with Gasteiger partial charge in [0.2, 0.25) is 6.79 Å². The number of ether oxygens (including phenoxy) is 2. The highest BCUT2D eigenvalue weighted by atomic mass is 79.9. The summed E-state index contributed by atoms with van der Waals surface area (Å²) in [5.41, 5.74) is 4.15. The average molecular weight is 346 g/mol. The Morgan fingerprint density at radius 3 is 2.43 bits per heavy atom. The molecule has 1 aliphatic carbocycles. The van der Waals surface area contributed by atoms with E-state index in [4.69, 9.17) is 9.47 Å². The topological polar surface area (TPSA) is 30.5 Å². The van der Waals surface area contributed by atoms with E-state index >= 15 is 0 Å². The zero-order chi connectivity index (χ0) is 14.2. The summed E-state index contributed by atoms with van der Waals surface area (Å²) in [5.74, 6) is 1.66. The van der Waals surface area contributed by atoms with Gasteiger partial charge in [0.15, 0.2) is 11.5 Å². The number of nitrogens with one attached hydrogen (secondary N) is 1. The predicted octanol–water partition coefficient (Wildman–Crippen LogP) is 3.43. The van der Waals surface area contributed by atoms with E-state index in [0.717, 1.165) is 35.4 Å². The lowest BCUT2D eigenvalue weighted by Gasteiger charge is -2.13. The van der Waals surface area contributed by atoms with Crippen LogP contribution in [0.15, 0.2) is 40.9 Å². The van der Waals surface area contributed by atoms with E-state index < -0.39 is 0 Å². The van der Waals surface area contributed by atoms with E-state index in [0.29, 0.717) is 12.8 Å². The quantitative estimate of drug-likeness (QED) is 0.924. The molecule has 0 spiro atoms. The van der Waals surface area contributed by atoms with E-state index in [9.17, 15) is 0 Å². The van der Waals surface area contributed by atoms with Crippen LogP contribution in [-0.4, -0.2) is 12.8 Å². The Labute approximate surface area is 132 Å². The van der Waals surface area contributed by atoms with Gasteiger partial charge in [0.1, 0.15) is 0 Å². The Morgan fingerprint density at radius 1 is 1.05 bits per heavy atom. The molecule has 0 radical (unpaired) electrons. The van der Waals surface area contributed by atoms with Crippen molar-refractivity contribution in [3.8, 4) is 11.5 Å². The zero-order valence-corrected chi connectivity index (χ0v) is 13.2. The zero-order valence-electron chi connectivity index (χ0n) is 11.6. The molecule has 0 bridgehead atoms. The lowest BCUT2D eigenvalue weighted by atomic mass is 10.1. The first kappa shape index (κ1) is 13.2. The van der Waals surface area contributed by atoms with Crippen molar-refractivity contribution in [2.24, 2.45) is 0 Å². The number of rotatable bonds is 3. The van der Waals surface area contributed by atoms with Gasteiger partial charge in [0.05, 0.1) is 0 Å². The van der Waals surface area contributed by atoms with Crippen LogP contribution >= 0.6 is 15.9 Å². The maximum absolute atomic E-state index is 5.45. The van der Waals surface area contributed by atoms with Gasteiger partial charge in [0.25, 0.3) is 0 Å². The summed E-state index contributed by atoms with van der Waals surface area (Å²) in [6, 6.07) is 13.3. The third kappa shape index (κ3) is 2.54. The first-order valence-corrected chi connectivity index (χ1v) is 7.97. The molecule has 4 heteroatoms. The van der Waals surface area contributed by atoms with Crippen LogP contribution in [0.1, 0.15) is 16.7 Å². The lowest BCUT2D eigenvalue weighted by Crippen LogP contribution is -2.29. The van der Waals surface area contributed by atoms with Gasteiger partial charge in [-0.3, -0.25) is 0 Å². The molecule has 21 heavy (non-hydrogen) atoms. The van der Waals surface area contributed by atoms with Crippen molar-refractivity contribution in [1.82, 2.24) is 5.32 Å². The normalized spacial score (nSPS) is 16.2. The predicted molar refractivity (Wildman–Crippen MR) is 84.7 cm³/mol. The van der Waals surface area contributed by atoms with E-state index in [1.54, 1.807) is 0 Å².